The van der Waals surface area contributed by atoms with Crippen molar-refractivity contribution in [2.45, 2.75) is 6.61 Å². The molecule has 1 aliphatic rings. The van der Waals surface area contributed by atoms with Gasteiger partial charge in [0.05, 0.1) is 16.2 Å². The fourth-order valence-corrected chi connectivity index (χ4v) is 3.94. The number of non-ortho nitro benzene ring substituents is 1. The highest BCUT2D eigenvalue weighted by Crippen LogP contribution is 2.29. The number of hydrogen-bond donors (Lipinski definition) is 0. The van der Waals surface area contributed by atoms with Gasteiger partial charge in [-0.3, -0.25) is 14.9 Å². The molecule has 0 N–H and O–H groups in total. The fourth-order valence-electron chi connectivity index (χ4n) is 3.82. The lowest BCUT2D eigenvalue weighted by Crippen LogP contribution is -2.21. The van der Waals surface area contributed by atoms with Crippen LogP contribution in [-0.2, 0) is 11.4 Å². The maximum atomic E-state index is 13.4. The molecule has 0 fully saturated rings. The van der Waals surface area contributed by atoms with E-state index in [0.29, 0.717) is 34.4 Å². The molecule has 1 aliphatic heterocycles. The third-order valence-corrected chi connectivity index (χ3v) is 5.99. The topological polar surface area (TPSA) is 85.0 Å². The summed E-state index contributed by atoms with van der Waals surface area (Å²) in [6.07, 6.45) is 1.78. The summed E-state index contributed by atoms with van der Waals surface area (Å²) in [4.78, 5) is 24.0. The second-order valence-electron chi connectivity index (χ2n) is 8.25. The standard InChI is InChI=1S/C29H20ClN3O4/c30-23-10-6-21(7-11-23)19-37-26-16-8-20(9-17-26)18-27-28(22-4-2-1-3-5-22)31-32(29(27)34)24-12-14-25(15-13-24)33(35)36/h1-18H,19H2/b27-18+. The highest BCUT2D eigenvalue weighted by atomic mass is 35.5. The second-order valence-corrected chi connectivity index (χ2v) is 8.68. The van der Waals surface area contributed by atoms with Gasteiger partial charge in [0.2, 0.25) is 0 Å². The summed E-state index contributed by atoms with van der Waals surface area (Å²) in [5.74, 6) is 0.370. The molecular weight excluding hydrogens is 490 g/mol. The average Bonchev–Trinajstić information content (AvgIpc) is 3.25. The Morgan fingerprint density at radius 3 is 2.22 bits per heavy atom. The minimum absolute atomic E-state index is 0.0585. The van der Waals surface area contributed by atoms with Crippen LogP contribution in [0, 0.1) is 10.1 Å². The summed E-state index contributed by atoms with van der Waals surface area (Å²) in [7, 11) is 0. The predicted octanol–water partition coefficient (Wildman–Crippen LogP) is 6.66. The van der Waals surface area contributed by atoms with Crippen LogP contribution in [-0.4, -0.2) is 16.5 Å². The average molecular weight is 510 g/mol. The number of halogens is 1. The first-order valence-electron chi connectivity index (χ1n) is 11.4. The van der Waals surface area contributed by atoms with Crippen molar-refractivity contribution < 1.29 is 14.5 Å². The Hall–Kier alpha value is -4.75. The largest absolute Gasteiger partial charge is 0.489 e. The smallest absolute Gasteiger partial charge is 0.281 e. The minimum atomic E-state index is -0.484. The molecule has 0 saturated heterocycles. The number of benzene rings is 4. The quantitative estimate of drug-likeness (QED) is 0.158. The van der Waals surface area contributed by atoms with E-state index in [1.165, 1.54) is 29.3 Å². The van der Waals surface area contributed by atoms with Gasteiger partial charge in [-0.1, -0.05) is 66.2 Å². The van der Waals surface area contributed by atoms with Gasteiger partial charge in [-0.15, -0.1) is 0 Å². The Morgan fingerprint density at radius 2 is 1.57 bits per heavy atom. The zero-order valence-electron chi connectivity index (χ0n) is 19.5. The third kappa shape index (κ3) is 5.42. The molecule has 0 aromatic heterocycles. The highest BCUT2D eigenvalue weighted by molar-refractivity contribution is 6.37. The summed E-state index contributed by atoms with van der Waals surface area (Å²) in [6.45, 7) is 0.408. The zero-order valence-corrected chi connectivity index (χ0v) is 20.2. The molecule has 182 valence electrons. The van der Waals surface area contributed by atoms with E-state index < -0.39 is 4.92 Å². The summed E-state index contributed by atoms with van der Waals surface area (Å²) in [5.41, 5.74) is 3.91. The van der Waals surface area contributed by atoms with E-state index in [1.54, 1.807) is 6.08 Å². The van der Waals surface area contributed by atoms with Gasteiger partial charge in [-0.05, 0) is 53.6 Å². The number of amides is 1. The molecule has 0 bridgehead atoms. The Morgan fingerprint density at radius 1 is 0.892 bits per heavy atom. The molecule has 0 aliphatic carbocycles. The molecule has 1 heterocycles. The monoisotopic (exact) mass is 509 g/mol. The van der Waals surface area contributed by atoms with Gasteiger partial charge in [0, 0.05) is 22.7 Å². The number of hydrogen-bond acceptors (Lipinski definition) is 5. The maximum absolute atomic E-state index is 13.4. The molecule has 4 aromatic rings. The van der Waals surface area contributed by atoms with Crippen molar-refractivity contribution in [2.24, 2.45) is 5.10 Å². The van der Waals surface area contributed by atoms with Crippen molar-refractivity contribution in [2.75, 3.05) is 5.01 Å². The minimum Gasteiger partial charge on any atom is -0.489 e. The van der Waals surface area contributed by atoms with Crippen LogP contribution in [0.3, 0.4) is 0 Å². The first-order valence-corrected chi connectivity index (χ1v) is 11.8. The Kier molecular flexibility index (Phi) is 6.78. The summed E-state index contributed by atoms with van der Waals surface area (Å²) < 4.78 is 5.86. The number of hydrazone groups is 1. The SMILES string of the molecule is O=C1/C(=C/c2ccc(OCc3ccc(Cl)cc3)cc2)C(c2ccccc2)=NN1c1ccc([N+](=O)[O-])cc1. The molecule has 1 amide bonds. The number of nitro groups is 1. The molecule has 5 rings (SSSR count). The van der Waals surface area contributed by atoms with E-state index in [1.807, 2.05) is 78.9 Å². The lowest BCUT2D eigenvalue weighted by atomic mass is 10.0. The molecule has 0 radical (unpaired) electrons. The summed E-state index contributed by atoms with van der Waals surface area (Å²) in [6, 6.07) is 30.0. The molecular formula is C29H20ClN3O4. The molecule has 0 spiro atoms. The van der Waals surface area contributed by atoms with E-state index in [2.05, 4.69) is 5.10 Å². The second kappa shape index (κ2) is 10.5. The van der Waals surface area contributed by atoms with E-state index in [-0.39, 0.29) is 11.6 Å². The molecule has 0 saturated carbocycles. The Bertz CT molecular complexity index is 1500. The fraction of sp³-hybridized carbons (Fsp3) is 0.0345. The number of carbonyl (C=O) groups is 1. The van der Waals surface area contributed by atoms with Crippen molar-refractivity contribution in [1.82, 2.24) is 0 Å². The number of nitrogens with zero attached hydrogens (tertiary/aromatic N) is 3. The van der Waals surface area contributed by atoms with Gasteiger partial charge in [0.25, 0.3) is 11.6 Å². The van der Waals surface area contributed by atoms with Crippen LogP contribution < -0.4 is 9.75 Å². The Balaban J connectivity index is 1.40. The number of nitro benzene ring substituents is 1. The summed E-state index contributed by atoms with van der Waals surface area (Å²) >= 11 is 5.93. The van der Waals surface area contributed by atoms with Gasteiger partial charge in [0.15, 0.2) is 0 Å². The van der Waals surface area contributed by atoms with Crippen LogP contribution in [0.5, 0.6) is 5.75 Å². The molecule has 4 aromatic carbocycles. The van der Waals surface area contributed by atoms with Crippen LogP contribution >= 0.6 is 11.6 Å². The van der Waals surface area contributed by atoms with Crippen LogP contribution in [0.2, 0.25) is 5.02 Å². The molecule has 0 unspecified atom stereocenters. The first-order chi connectivity index (χ1) is 18.0. The van der Waals surface area contributed by atoms with E-state index in [9.17, 15) is 14.9 Å². The lowest BCUT2D eigenvalue weighted by Gasteiger charge is -2.11. The van der Waals surface area contributed by atoms with Crippen LogP contribution in [0.1, 0.15) is 16.7 Å². The maximum Gasteiger partial charge on any atom is 0.281 e. The van der Waals surface area contributed by atoms with E-state index in [4.69, 9.17) is 16.3 Å². The van der Waals surface area contributed by atoms with Crippen molar-refractivity contribution in [3.63, 3.8) is 0 Å². The molecule has 0 atom stereocenters. The van der Waals surface area contributed by atoms with Crippen molar-refractivity contribution in [3.8, 4) is 5.75 Å². The Labute approximate surface area is 218 Å². The zero-order chi connectivity index (χ0) is 25.8. The number of anilines is 1. The van der Waals surface area contributed by atoms with Gasteiger partial charge in [-0.25, -0.2) is 0 Å². The first kappa shape index (κ1) is 24.0. The van der Waals surface area contributed by atoms with Gasteiger partial charge < -0.3 is 4.74 Å². The predicted molar refractivity (Wildman–Crippen MR) is 144 cm³/mol. The van der Waals surface area contributed by atoms with Crippen LogP contribution in [0.15, 0.2) is 114 Å². The van der Waals surface area contributed by atoms with Crippen LogP contribution in [0.4, 0.5) is 11.4 Å². The normalized spacial score (nSPS) is 14.1. The molecule has 7 nitrogen and oxygen atoms in total. The van der Waals surface area contributed by atoms with Crippen molar-refractivity contribution in [3.05, 3.63) is 141 Å². The number of ether oxygens (including phenoxy) is 1. The van der Waals surface area contributed by atoms with Gasteiger partial charge >= 0.3 is 0 Å². The van der Waals surface area contributed by atoms with Crippen molar-refractivity contribution >= 4 is 40.7 Å². The van der Waals surface area contributed by atoms with E-state index in [0.717, 1.165) is 16.7 Å². The highest BCUT2D eigenvalue weighted by Gasteiger charge is 2.32. The number of rotatable bonds is 7. The van der Waals surface area contributed by atoms with Crippen LogP contribution in [0.25, 0.3) is 6.08 Å². The lowest BCUT2D eigenvalue weighted by molar-refractivity contribution is -0.384. The molecule has 37 heavy (non-hydrogen) atoms. The van der Waals surface area contributed by atoms with Gasteiger partial charge in [0.1, 0.15) is 18.1 Å². The van der Waals surface area contributed by atoms with Gasteiger partial charge in [-0.2, -0.15) is 10.1 Å². The number of carbonyl (C=O) groups excluding carboxylic acids is 1. The van der Waals surface area contributed by atoms with Crippen molar-refractivity contribution in [1.29, 1.82) is 0 Å². The van der Waals surface area contributed by atoms with E-state index >= 15 is 0 Å². The molecule has 8 heteroatoms. The summed E-state index contributed by atoms with van der Waals surface area (Å²) in [5, 5.41) is 17.5. The third-order valence-electron chi connectivity index (χ3n) is 5.74.